The Morgan fingerprint density at radius 1 is 1.08 bits per heavy atom. The zero-order chi connectivity index (χ0) is 16.8. The maximum absolute atomic E-state index is 14.0. The monoisotopic (exact) mass is 317 g/mol. The zero-order valence-corrected chi connectivity index (χ0v) is 13.3. The van der Waals surface area contributed by atoms with Crippen molar-refractivity contribution in [3.05, 3.63) is 65.6 Å². The minimum atomic E-state index is -0.528. The molecule has 4 aromatic rings. The molecular weight excluding hydrogens is 303 g/mol. The predicted molar refractivity (Wildman–Crippen MR) is 89.7 cm³/mol. The highest BCUT2D eigenvalue weighted by atomic mass is 19.1. The van der Waals surface area contributed by atoms with Crippen LogP contribution < -0.4 is 4.57 Å². The van der Waals surface area contributed by atoms with Crippen LogP contribution in [-0.4, -0.2) is 0 Å². The lowest BCUT2D eigenvalue weighted by molar-refractivity contribution is -0.660. The van der Waals surface area contributed by atoms with E-state index in [9.17, 15) is 4.39 Å². The summed E-state index contributed by atoms with van der Waals surface area (Å²) < 4.78 is 21.9. The molecule has 0 radical (unpaired) electrons. The molecule has 24 heavy (non-hydrogen) atoms. The van der Waals surface area contributed by atoms with E-state index in [-0.39, 0.29) is 5.56 Å². The fraction of sp³-hybridized carbons (Fsp3) is 0.100. The Kier molecular flexibility index (Phi) is 3.10. The lowest BCUT2D eigenvalue weighted by atomic mass is 10.0. The van der Waals surface area contributed by atoms with Crippen molar-refractivity contribution in [1.82, 2.24) is 0 Å². The summed E-state index contributed by atoms with van der Waals surface area (Å²) in [6, 6.07) is 14.7. The first-order valence-corrected chi connectivity index (χ1v) is 7.60. The summed E-state index contributed by atoms with van der Waals surface area (Å²) in [7, 11) is 1.99. The molecule has 0 bridgehead atoms. The third kappa shape index (κ3) is 2.06. The first kappa shape index (κ1) is 14.4. The molecule has 0 spiro atoms. The van der Waals surface area contributed by atoms with Crippen LogP contribution in [-0.2, 0) is 7.05 Å². The standard InChI is InChI=1S/C20H14FN2O/c1-12-7-19-15(9-14(12)18-5-3-4-6-23(18)2)16-10-17(21)13(11-22)8-20(16)24-19/h3-10H,1-2H3/q+1. The second-order valence-corrected chi connectivity index (χ2v) is 5.90. The van der Waals surface area contributed by atoms with Gasteiger partial charge in [0.25, 0.3) is 0 Å². The van der Waals surface area contributed by atoms with Crippen molar-refractivity contribution in [2.24, 2.45) is 7.05 Å². The van der Waals surface area contributed by atoms with Crippen molar-refractivity contribution >= 4 is 21.9 Å². The van der Waals surface area contributed by atoms with Crippen LogP contribution in [0.5, 0.6) is 0 Å². The molecular formula is C20H14FN2O+. The van der Waals surface area contributed by atoms with Gasteiger partial charge in [0, 0.05) is 34.5 Å². The topological polar surface area (TPSA) is 40.8 Å². The van der Waals surface area contributed by atoms with Crippen molar-refractivity contribution in [1.29, 1.82) is 5.26 Å². The number of halogens is 1. The Morgan fingerprint density at radius 3 is 2.58 bits per heavy atom. The molecule has 0 N–H and O–H groups in total. The minimum absolute atomic E-state index is 0.00652. The van der Waals surface area contributed by atoms with Gasteiger partial charge in [-0.3, -0.25) is 0 Å². The number of rotatable bonds is 1. The van der Waals surface area contributed by atoms with Crippen LogP contribution in [0, 0.1) is 24.1 Å². The molecule has 2 heterocycles. The third-order valence-corrected chi connectivity index (χ3v) is 4.36. The Morgan fingerprint density at radius 2 is 1.83 bits per heavy atom. The zero-order valence-electron chi connectivity index (χ0n) is 13.3. The normalized spacial score (nSPS) is 11.1. The van der Waals surface area contributed by atoms with Gasteiger partial charge in [-0.2, -0.15) is 5.26 Å². The van der Waals surface area contributed by atoms with Gasteiger partial charge in [-0.15, -0.1) is 0 Å². The molecule has 4 heteroatoms. The summed E-state index contributed by atoms with van der Waals surface area (Å²) in [5, 5.41) is 10.5. The van der Waals surface area contributed by atoms with Crippen molar-refractivity contribution in [2.75, 3.05) is 0 Å². The highest BCUT2D eigenvalue weighted by Gasteiger charge is 2.17. The van der Waals surface area contributed by atoms with E-state index in [1.54, 1.807) is 0 Å². The largest absolute Gasteiger partial charge is 0.456 e. The maximum atomic E-state index is 14.0. The highest BCUT2D eigenvalue weighted by molar-refractivity contribution is 6.06. The average molecular weight is 317 g/mol. The number of nitrogens with zero attached hydrogens (tertiary/aromatic N) is 2. The van der Waals surface area contributed by atoms with E-state index in [0.717, 1.165) is 22.2 Å². The van der Waals surface area contributed by atoms with Crippen LogP contribution >= 0.6 is 0 Å². The van der Waals surface area contributed by atoms with Crippen LogP contribution in [0.4, 0.5) is 4.39 Å². The lowest BCUT2D eigenvalue weighted by Crippen LogP contribution is -2.30. The molecule has 0 amide bonds. The van der Waals surface area contributed by atoms with E-state index in [2.05, 4.69) is 0 Å². The van der Waals surface area contributed by atoms with Gasteiger partial charge in [-0.1, -0.05) is 0 Å². The van der Waals surface area contributed by atoms with Gasteiger partial charge in [0.1, 0.15) is 30.1 Å². The summed E-state index contributed by atoms with van der Waals surface area (Å²) >= 11 is 0. The first-order valence-electron chi connectivity index (χ1n) is 7.60. The summed E-state index contributed by atoms with van der Waals surface area (Å²) in [6.07, 6.45) is 1.99. The predicted octanol–water partition coefficient (Wildman–Crippen LogP) is 4.40. The van der Waals surface area contributed by atoms with Gasteiger partial charge in [0.2, 0.25) is 5.69 Å². The van der Waals surface area contributed by atoms with Crippen LogP contribution in [0.1, 0.15) is 11.1 Å². The van der Waals surface area contributed by atoms with Crippen molar-refractivity contribution < 1.29 is 13.4 Å². The number of benzene rings is 2. The summed E-state index contributed by atoms with van der Waals surface area (Å²) in [4.78, 5) is 0. The first-order chi connectivity index (χ1) is 11.6. The van der Waals surface area contributed by atoms with Crippen molar-refractivity contribution in [2.45, 2.75) is 6.92 Å². The van der Waals surface area contributed by atoms with Crippen molar-refractivity contribution in [3.63, 3.8) is 0 Å². The van der Waals surface area contributed by atoms with Crippen LogP contribution in [0.3, 0.4) is 0 Å². The molecule has 4 rings (SSSR count). The van der Waals surface area contributed by atoms with Gasteiger partial charge in [0.15, 0.2) is 6.20 Å². The maximum Gasteiger partial charge on any atom is 0.212 e. The minimum Gasteiger partial charge on any atom is -0.456 e. The molecule has 0 fully saturated rings. The molecule has 3 nitrogen and oxygen atoms in total. The van der Waals surface area contributed by atoms with Crippen molar-refractivity contribution in [3.8, 4) is 17.3 Å². The Labute approximate surface area is 138 Å². The number of hydrogen-bond donors (Lipinski definition) is 0. The quantitative estimate of drug-likeness (QED) is 0.488. The molecule has 0 aliphatic heterocycles. The molecule has 0 atom stereocenters. The number of hydrogen-bond acceptors (Lipinski definition) is 2. The van der Waals surface area contributed by atoms with E-state index in [4.69, 9.17) is 9.68 Å². The summed E-state index contributed by atoms with van der Waals surface area (Å²) in [5.41, 5.74) is 4.42. The van der Waals surface area contributed by atoms with E-state index in [0.29, 0.717) is 16.6 Å². The smallest absolute Gasteiger partial charge is 0.212 e. The van der Waals surface area contributed by atoms with Gasteiger partial charge in [-0.05, 0) is 36.8 Å². The fourth-order valence-electron chi connectivity index (χ4n) is 3.11. The van der Waals surface area contributed by atoms with E-state index >= 15 is 0 Å². The van der Waals surface area contributed by atoms with Crippen LogP contribution in [0.15, 0.2) is 53.1 Å². The molecule has 0 aliphatic rings. The second-order valence-electron chi connectivity index (χ2n) is 5.90. The number of furan rings is 1. The average Bonchev–Trinajstić information content (AvgIpc) is 2.90. The Balaban J connectivity index is 2.07. The Bertz CT molecular complexity index is 1150. The molecule has 116 valence electrons. The lowest BCUT2D eigenvalue weighted by Gasteiger charge is -2.04. The van der Waals surface area contributed by atoms with Gasteiger partial charge >= 0.3 is 0 Å². The SMILES string of the molecule is Cc1cc2oc3cc(C#N)c(F)cc3c2cc1-c1cccc[n+]1C. The number of pyridine rings is 1. The molecule has 0 unspecified atom stereocenters. The molecule has 2 aromatic carbocycles. The van der Waals surface area contributed by atoms with Crippen LogP contribution in [0.25, 0.3) is 33.2 Å². The van der Waals surface area contributed by atoms with Gasteiger partial charge in [-0.25, -0.2) is 8.96 Å². The van der Waals surface area contributed by atoms with Crippen LogP contribution in [0.2, 0.25) is 0 Å². The van der Waals surface area contributed by atoms with Gasteiger partial charge < -0.3 is 4.42 Å². The third-order valence-electron chi connectivity index (χ3n) is 4.36. The number of aryl methyl sites for hydroxylation is 2. The summed E-state index contributed by atoms with van der Waals surface area (Å²) in [5.74, 6) is -0.528. The number of nitriles is 1. The van der Waals surface area contributed by atoms with Gasteiger partial charge in [0.05, 0.1) is 5.56 Å². The fourth-order valence-corrected chi connectivity index (χ4v) is 3.11. The summed E-state index contributed by atoms with van der Waals surface area (Å²) in [6.45, 7) is 2.02. The molecule has 2 aromatic heterocycles. The molecule has 0 aliphatic carbocycles. The van der Waals surface area contributed by atoms with E-state index in [1.807, 2.05) is 61.1 Å². The van der Waals surface area contributed by atoms with E-state index in [1.165, 1.54) is 12.1 Å². The molecule has 0 saturated heterocycles. The molecule has 0 saturated carbocycles. The Hall–Kier alpha value is -3.19. The number of fused-ring (bicyclic) bond motifs is 3. The number of aromatic nitrogens is 1. The highest BCUT2D eigenvalue weighted by Crippen LogP contribution is 2.34. The second kappa shape index (κ2) is 5.17. The van der Waals surface area contributed by atoms with E-state index < -0.39 is 5.82 Å².